The number of H-pyrrole nitrogens is 1. The zero-order valence-corrected chi connectivity index (χ0v) is 14.6. The molecule has 0 saturated heterocycles. The number of hydrogen-bond acceptors (Lipinski definition) is 5. The molecule has 132 valence electrons. The number of pyridine rings is 1. The lowest BCUT2D eigenvalue weighted by Crippen LogP contribution is -2.39. The first-order valence-corrected chi connectivity index (χ1v) is 7.55. The molecule has 0 saturated carbocycles. The fourth-order valence-electron chi connectivity index (χ4n) is 2.82. The molecule has 2 atom stereocenters. The van der Waals surface area contributed by atoms with E-state index in [1.54, 1.807) is 12.1 Å². The molecule has 3 N–H and O–H groups in total. The Bertz CT molecular complexity index is 763. The van der Waals surface area contributed by atoms with Crippen molar-refractivity contribution >= 4 is 23.3 Å². The van der Waals surface area contributed by atoms with Crippen LogP contribution in [0.3, 0.4) is 0 Å². The van der Waals surface area contributed by atoms with E-state index in [1.807, 2.05) is 20.8 Å². The van der Waals surface area contributed by atoms with E-state index in [0.29, 0.717) is 17.4 Å². The van der Waals surface area contributed by atoms with Crippen LogP contribution < -0.4 is 5.56 Å². The van der Waals surface area contributed by atoms with Gasteiger partial charge in [-0.2, -0.15) is 0 Å². The summed E-state index contributed by atoms with van der Waals surface area (Å²) in [5, 5.41) is 25.6. The number of fused-ring (bicyclic) bond motifs is 1. The van der Waals surface area contributed by atoms with E-state index in [1.165, 1.54) is 17.1 Å². The molecule has 1 heterocycles. The van der Waals surface area contributed by atoms with E-state index >= 15 is 0 Å². The highest BCUT2D eigenvalue weighted by Gasteiger charge is 2.29. The highest BCUT2D eigenvalue weighted by Crippen LogP contribution is 2.33. The Morgan fingerprint density at radius 1 is 1.25 bits per heavy atom. The molecule has 2 rings (SSSR count). The maximum absolute atomic E-state index is 11.5. The molecule has 0 aliphatic rings. The predicted molar refractivity (Wildman–Crippen MR) is 95.3 cm³/mol. The Labute approximate surface area is 145 Å². The first-order chi connectivity index (χ1) is 10.9. The minimum atomic E-state index is -0.992. The number of aromatic hydroxyl groups is 1. The number of aliphatic hydroxyl groups is 1. The lowest BCUT2D eigenvalue weighted by Gasteiger charge is -2.32. The SMILES string of the molecule is CC[C@H]([C@@H](O)c1ccc(O)c2[nH]c(=O)ccc12)N(N=O)C(C)C.Cl. The van der Waals surface area contributed by atoms with Crippen molar-refractivity contribution < 1.29 is 10.2 Å². The average Bonchev–Trinajstić information content (AvgIpc) is 2.52. The summed E-state index contributed by atoms with van der Waals surface area (Å²) in [6.07, 6.45) is -0.481. The van der Waals surface area contributed by atoms with Crippen LogP contribution in [0.5, 0.6) is 5.75 Å². The molecule has 0 spiro atoms. The summed E-state index contributed by atoms with van der Waals surface area (Å²) in [6, 6.07) is 5.22. The van der Waals surface area contributed by atoms with Crippen LogP contribution in [-0.4, -0.2) is 32.3 Å². The lowest BCUT2D eigenvalue weighted by atomic mass is 9.95. The molecule has 0 radical (unpaired) electrons. The summed E-state index contributed by atoms with van der Waals surface area (Å²) in [5.74, 6) is -0.0732. The van der Waals surface area contributed by atoms with Gasteiger partial charge < -0.3 is 15.2 Å². The van der Waals surface area contributed by atoms with Gasteiger partial charge in [-0.1, -0.05) is 13.0 Å². The number of benzene rings is 1. The second kappa shape index (κ2) is 8.12. The number of nitrogens with zero attached hydrogens (tertiary/aromatic N) is 2. The summed E-state index contributed by atoms with van der Waals surface area (Å²) in [6.45, 7) is 5.51. The minimum Gasteiger partial charge on any atom is -0.506 e. The zero-order valence-electron chi connectivity index (χ0n) is 13.8. The predicted octanol–water partition coefficient (Wildman–Crippen LogP) is 2.86. The van der Waals surface area contributed by atoms with Gasteiger partial charge in [-0.25, -0.2) is 0 Å². The van der Waals surface area contributed by atoms with Crippen LogP contribution in [0, 0.1) is 4.91 Å². The third-order valence-electron chi connectivity index (χ3n) is 3.97. The summed E-state index contributed by atoms with van der Waals surface area (Å²) in [7, 11) is 0. The third kappa shape index (κ3) is 3.68. The highest BCUT2D eigenvalue weighted by molar-refractivity contribution is 5.87. The van der Waals surface area contributed by atoms with Crippen molar-refractivity contribution in [2.24, 2.45) is 5.29 Å². The molecule has 0 bridgehead atoms. The van der Waals surface area contributed by atoms with Gasteiger partial charge in [-0.3, -0.25) is 9.80 Å². The number of aromatic amines is 1. The summed E-state index contributed by atoms with van der Waals surface area (Å²) >= 11 is 0. The number of nitrogens with one attached hydrogen (secondary N) is 1. The maximum Gasteiger partial charge on any atom is 0.248 e. The lowest BCUT2D eigenvalue weighted by molar-refractivity contribution is 0.0293. The first kappa shape index (κ1) is 19.9. The van der Waals surface area contributed by atoms with Gasteiger partial charge in [0.05, 0.1) is 16.8 Å². The number of halogens is 1. The molecule has 8 heteroatoms. The number of rotatable bonds is 6. The quantitative estimate of drug-likeness (QED) is 0.545. The number of phenolic OH excluding ortho intramolecular Hbond substituents is 1. The van der Waals surface area contributed by atoms with Crippen LogP contribution >= 0.6 is 12.4 Å². The second-order valence-corrected chi connectivity index (χ2v) is 5.76. The molecule has 0 aliphatic heterocycles. The van der Waals surface area contributed by atoms with Gasteiger partial charge in [0.2, 0.25) is 5.56 Å². The zero-order chi connectivity index (χ0) is 17.1. The molecule has 0 aliphatic carbocycles. The van der Waals surface area contributed by atoms with Crippen molar-refractivity contribution in [2.45, 2.75) is 45.4 Å². The summed E-state index contributed by atoms with van der Waals surface area (Å²) < 4.78 is 0. The van der Waals surface area contributed by atoms with Crippen molar-refractivity contribution in [3.8, 4) is 5.75 Å². The van der Waals surface area contributed by atoms with Gasteiger partial charge in [0, 0.05) is 17.5 Å². The van der Waals surface area contributed by atoms with E-state index in [9.17, 15) is 19.9 Å². The minimum absolute atomic E-state index is 0. The standard InChI is InChI=1S/C16H21N3O4.ClH/c1-4-12(19(18-23)9(2)3)16(22)11-5-7-13(20)15-10(11)6-8-14(21)17-15;/h5-9,12,16,20,22H,4H2,1-3H3,(H,17,21);1H/t12-,16+;/m1./s1. The highest BCUT2D eigenvalue weighted by atomic mass is 35.5. The fourth-order valence-corrected chi connectivity index (χ4v) is 2.82. The van der Waals surface area contributed by atoms with Gasteiger partial charge in [-0.05, 0) is 38.0 Å². The van der Waals surface area contributed by atoms with Crippen molar-refractivity contribution in [3.63, 3.8) is 0 Å². The van der Waals surface area contributed by atoms with Gasteiger partial charge in [-0.15, -0.1) is 17.3 Å². The monoisotopic (exact) mass is 355 g/mol. The van der Waals surface area contributed by atoms with Crippen molar-refractivity contribution in [3.05, 3.63) is 45.1 Å². The number of nitroso groups, excluding NO2 is 1. The van der Waals surface area contributed by atoms with Crippen LogP contribution in [0.2, 0.25) is 0 Å². The van der Waals surface area contributed by atoms with Crippen LogP contribution in [-0.2, 0) is 0 Å². The Kier molecular flexibility index (Phi) is 6.74. The number of aliphatic hydroxyl groups excluding tert-OH is 1. The van der Waals surface area contributed by atoms with Crippen LogP contribution in [0.25, 0.3) is 10.9 Å². The topological polar surface area (TPSA) is 106 Å². The summed E-state index contributed by atoms with van der Waals surface area (Å²) in [4.78, 5) is 25.1. The molecular formula is C16H22ClN3O4. The smallest absolute Gasteiger partial charge is 0.248 e. The summed E-state index contributed by atoms with van der Waals surface area (Å²) in [5.41, 5.74) is 0.444. The third-order valence-corrected chi connectivity index (χ3v) is 3.97. The molecule has 1 aromatic carbocycles. The van der Waals surface area contributed by atoms with Gasteiger partial charge in [0.25, 0.3) is 0 Å². The number of aromatic nitrogens is 1. The van der Waals surface area contributed by atoms with Crippen LogP contribution in [0.1, 0.15) is 38.9 Å². The molecular weight excluding hydrogens is 334 g/mol. The van der Waals surface area contributed by atoms with E-state index < -0.39 is 12.1 Å². The van der Waals surface area contributed by atoms with E-state index in [4.69, 9.17) is 0 Å². The average molecular weight is 356 g/mol. The van der Waals surface area contributed by atoms with E-state index in [0.717, 1.165) is 0 Å². The van der Waals surface area contributed by atoms with E-state index in [2.05, 4.69) is 10.3 Å². The van der Waals surface area contributed by atoms with Gasteiger partial charge >= 0.3 is 0 Å². The number of phenols is 1. The van der Waals surface area contributed by atoms with Crippen LogP contribution in [0.4, 0.5) is 0 Å². The molecule has 7 nitrogen and oxygen atoms in total. The van der Waals surface area contributed by atoms with Crippen molar-refractivity contribution in [2.75, 3.05) is 0 Å². The normalized spacial score (nSPS) is 13.4. The fraction of sp³-hybridized carbons (Fsp3) is 0.438. The first-order valence-electron chi connectivity index (χ1n) is 7.55. The maximum atomic E-state index is 11.5. The molecule has 24 heavy (non-hydrogen) atoms. The number of hydrogen-bond donors (Lipinski definition) is 3. The van der Waals surface area contributed by atoms with Crippen molar-refractivity contribution in [1.29, 1.82) is 0 Å². The molecule has 0 unspecified atom stereocenters. The van der Waals surface area contributed by atoms with Gasteiger partial charge in [0.15, 0.2) is 0 Å². The molecule has 0 fully saturated rings. The van der Waals surface area contributed by atoms with Crippen LogP contribution in [0.15, 0.2) is 34.3 Å². The van der Waals surface area contributed by atoms with Crippen molar-refractivity contribution in [1.82, 2.24) is 9.99 Å². The molecule has 1 aromatic heterocycles. The Morgan fingerprint density at radius 3 is 2.46 bits per heavy atom. The molecule has 2 aromatic rings. The second-order valence-electron chi connectivity index (χ2n) is 5.76. The van der Waals surface area contributed by atoms with E-state index in [-0.39, 0.29) is 35.3 Å². The largest absolute Gasteiger partial charge is 0.506 e. The Hall–Kier alpha value is -2.12. The van der Waals surface area contributed by atoms with Gasteiger partial charge in [0.1, 0.15) is 11.9 Å². The Morgan fingerprint density at radius 2 is 1.92 bits per heavy atom. The Balaban J connectivity index is 0.00000288. The molecule has 0 amide bonds.